The molecular weight excluding hydrogens is 274 g/mol. The van der Waals surface area contributed by atoms with Gasteiger partial charge in [-0.15, -0.1) is 0 Å². The molecular formula is C16H22ClNO2. The predicted molar refractivity (Wildman–Crippen MR) is 80.8 cm³/mol. The summed E-state index contributed by atoms with van der Waals surface area (Å²) < 4.78 is 0. The van der Waals surface area contributed by atoms with Gasteiger partial charge in [0, 0.05) is 11.6 Å². The first kappa shape index (κ1) is 15.3. The fraction of sp³-hybridized carbons (Fsp3) is 0.562. The zero-order chi connectivity index (χ0) is 14.8. The van der Waals surface area contributed by atoms with Crippen molar-refractivity contribution in [2.45, 2.75) is 44.6 Å². The summed E-state index contributed by atoms with van der Waals surface area (Å²) in [5.41, 5.74) is 0.589. The monoisotopic (exact) mass is 295 g/mol. The highest BCUT2D eigenvalue weighted by atomic mass is 35.5. The summed E-state index contributed by atoms with van der Waals surface area (Å²) in [4.78, 5) is 12.5. The highest BCUT2D eigenvalue weighted by Crippen LogP contribution is 2.44. The number of nitrogens with one attached hydrogen (secondary N) is 1. The van der Waals surface area contributed by atoms with Gasteiger partial charge in [-0.3, -0.25) is 4.79 Å². The number of aliphatic hydroxyl groups is 1. The molecule has 1 atom stereocenters. The van der Waals surface area contributed by atoms with Crippen molar-refractivity contribution in [2.75, 3.05) is 6.54 Å². The molecule has 3 nitrogen and oxygen atoms in total. The topological polar surface area (TPSA) is 49.3 Å². The molecule has 4 heteroatoms. The number of halogens is 1. The maximum atomic E-state index is 12.5. The van der Waals surface area contributed by atoms with Crippen LogP contribution in [0.2, 0.25) is 5.02 Å². The molecule has 1 aliphatic rings. The van der Waals surface area contributed by atoms with Gasteiger partial charge in [0.1, 0.15) is 0 Å². The van der Waals surface area contributed by atoms with E-state index in [1.54, 1.807) is 0 Å². The maximum absolute atomic E-state index is 12.5. The Morgan fingerprint density at radius 1 is 1.35 bits per heavy atom. The van der Waals surface area contributed by atoms with Crippen molar-refractivity contribution in [3.63, 3.8) is 0 Å². The molecule has 0 saturated heterocycles. The van der Waals surface area contributed by atoms with Crippen LogP contribution in [0.3, 0.4) is 0 Å². The van der Waals surface area contributed by atoms with Crippen LogP contribution in [0.5, 0.6) is 0 Å². The Morgan fingerprint density at radius 3 is 2.40 bits per heavy atom. The summed E-state index contributed by atoms with van der Waals surface area (Å²) in [6, 6.07) is 7.51. The van der Waals surface area contributed by atoms with Gasteiger partial charge in [0.15, 0.2) is 0 Å². The number of hydrogen-bond donors (Lipinski definition) is 2. The van der Waals surface area contributed by atoms with Crippen LogP contribution in [0.25, 0.3) is 0 Å². The van der Waals surface area contributed by atoms with Crippen molar-refractivity contribution in [3.05, 3.63) is 34.9 Å². The minimum atomic E-state index is -0.499. The van der Waals surface area contributed by atoms with Crippen LogP contribution < -0.4 is 5.32 Å². The molecule has 1 aromatic carbocycles. The van der Waals surface area contributed by atoms with Gasteiger partial charge in [0.2, 0.25) is 5.91 Å². The van der Waals surface area contributed by atoms with E-state index in [0.717, 1.165) is 24.8 Å². The summed E-state index contributed by atoms with van der Waals surface area (Å²) in [5, 5.41) is 13.4. The fourth-order valence-corrected chi connectivity index (χ4v) is 2.67. The van der Waals surface area contributed by atoms with E-state index in [1.165, 1.54) is 0 Å². The van der Waals surface area contributed by atoms with E-state index < -0.39 is 11.5 Å². The van der Waals surface area contributed by atoms with E-state index in [0.29, 0.717) is 11.6 Å². The lowest BCUT2D eigenvalue weighted by molar-refractivity contribution is -0.130. The van der Waals surface area contributed by atoms with Crippen LogP contribution in [0.4, 0.5) is 0 Å². The van der Waals surface area contributed by atoms with Gasteiger partial charge in [0.05, 0.1) is 11.5 Å². The van der Waals surface area contributed by atoms with Crippen LogP contribution in [0.1, 0.15) is 38.7 Å². The average molecular weight is 296 g/mol. The van der Waals surface area contributed by atoms with Crippen LogP contribution in [0, 0.1) is 5.92 Å². The zero-order valence-corrected chi connectivity index (χ0v) is 12.8. The molecule has 1 aliphatic carbocycles. The summed E-state index contributed by atoms with van der Waals surface area (Å²) in [6.07, 6.45) is 2.28. The van der Waals surface area contributed by atoms with Gasteiger partial charge in [0.25, 0.3) is 0 Å². The lowest BCUT2D eigenvalue weighted by Crippen LogP contribution is -2.51. The molecule has 2 N–H and O–H groups in total. The van der Waals surface area contributed by atoms with Crippen LogP contribution in [0.15, 0.2) is 24.3 Å². The standard InChI is InChI=1S/C16H22ClNO2/c1-11(2)14(19)10-18-15(20)16(8-3-9-16)12-4-6-13(17)7-5-12/h4-7,11,14,19H,3,8-10H2,1-2H3,(H,18,20). The molecule has 2 rings (SSSR count). The SMILES string of the molecule is CC(C)C(O)CNC(=O)C1(c2ccc(Cl)cc2)CCC1. The smallest absolute Gasteiger partial charge is 0.230 e. The van der Waals surface area contributed by atoms with Gasteiger partial charge in [-0.05, 0) is 36.5 Å². The van der Waals surface area contributed by atoms with Crippen molar-refractivity contribution in [2.24, 2.45) is 5.92 Å². The first-order valence-corrected chi connectivity index (χ1v) is 7.56. The Morgan fingerprint density at radius 2 is 1.95 bits per heavy atom. The molecule has 110 valence electrons. The average Bonchev–Trinajstić information content (AvgIpc) is 2.36. The molecule has 1 unspecified atom stereocenters. The van der Waals surface area contributed by atoms with Crippen molar-refractivity contribution >= 4 is 17.5 Å². The Hall–Kier alpha value is -1.06. The number of hydrogen-bond acceptors (Lipinski definition) is 2. The van der Waals surface area contributed by atoms with E-state index >= 15 is 0 Å². The molecule has 1 aromatic rings. The third-order valence-electron chi connectivity index (χ3n) is 4.28. The van der Waals surface area contributed by atoms with Gasteiger partial charge >= 0.3 is 0 Å². The quantitative estimate of drug-likeness (QED) is 0.877. The summed E-state index contributed by atoms with van der Waals surface area (Å²) >= 11 is 5.91. The van der Waals surface area contributed by atoms with Crippen LogP contribution in [-0.2, 0) is 10.2 Å². The fourth-order valence-electron chi connectivity index (χ4n) is 2.55. The Kier molecular flexibility index (Phi) is 4.71. The molecule has 0 aliphatic heterocycles. The number of aliphatic hydroxyl groups excluding tert-OH is 1. The van der Waals surface area contributed by atoms with E-state index in [2.05, 4.69) is 5.32 Å². The predicted octanol–water partition coefficient (Wildman–Crippen LogP) is 2.89. The van der Waals surface area contributed by atoms with Crippen molar-refractivity contribution < 1.29 is 9.90 Å². The van der Waals surface area contributed by atoms with E-state index in [4.69, 9.17) is 11.6 Å². The highest BCUT2D eigenvalue weighted by Gasteiger charge is 2.45. The molecule has 0 radical (unpaired) electrons. The Balaban J connectivity index is 2.07. The van der Waals surface area contributed by atoms with Crippen molar-refractivity contribution in [1.82, 2.24) is 5.32 Å². The van der Waals surface area contributed by atoms with Crippen LogP contribution in [-0.4, -0.2) is 23.7 Å². The van der Waals surface area contributed by atoms with E-state index in [-0.39, 0.29) is 11.8 Å². The molecule has 20 heavy (non-hydrogen) atoms. The zero-order valence-electron chi connectivity index (χ0n) is 12.0. The molecule has 0 bridgehead atoms. The van der Waals surface area contributed by atoms with E-state index in [9.17, 15) is 9.90 Å². The molecule has 0 heterocycles. The molecule has 1 amide bonds. The summed E-state index contributed by atoms with van der Waals surface area (Å²) in [7, 11) is 0. The highest BCUT2D eigenvalue weighted by molar-refractivity contribution is 6.30. The number of benzene rings is 1. The lowest BCUT2D eigenvalue weighted by atomic mass is 9.64. The minimum absolute atomic E-state index is 0.0192. The normalized spacial score (nSPS) is 18.4. The van der Waals surface area contributed by atoms with Crippen molar-refractivity contribution in [3.8, 4) is 0 Å². The Bertz CT molecular complexity index is 466. The number of rotatable bonds is 5. The number of amides is 1. The second-order valence-corrected chi connectivity index (χ2v) is 6.40. The maximum Gasteiger partial charge on any atom is 0.230 e. The molecule has 0 aromatic heterocycles. The first-order chi connectivity index (χ1) is 9.45. The number of carbonyl (C=O) groups is 1. The first-order valence-electron chi connectivity index (χ1n) is 7.18. The van der Waals surface area contributed by atoms with E-state index in [1.807, 2.05) is 38.1 Å². The second kappa shape index (κ2) is 6.15. The van der Waals surface area contributed by atoms with Crippen molar-refractivity contribution in [1.29, 1.82) is 0 Å². The third-order valence-corrected chi connectivity index (χ3v) is 4.53. The third kappa shape index (κ3) is 2.99. The van der Waals surface area contributed by atoms with Gasteiger partial charge in [-0.25, -0.2) is 0 Å². The van der Waals surface area contributed by atoms with Gasteiger partial charge < -0.3 is 10.4 Å². The van der Waals surface area contributed by atoms with Crippen LogP contribution >= 0.6 is 11.6 Å². The second-order valence-electron chi connectivity index (χ2n) is 5.96. The summed E-state index contributed by atoms with van der Waals surface area (Å²) in [5.74, 6) is 0.161. The largest absolute Gasteiger partial charge is 0.391 e. The van der Waals surface area contributed by atoms with Gasteiger partial charge in [-0.1, -0.05) is 44.0 Å². The van der Waals surface area contributed by atoms with Gasteiger partial charge in [-0.2, -0.15) is 0 Å². The molecule has 0 spiro atoms. The molecule has 1 saturated carbocycles. The minimum Gasteiger partial charge on any atom is -0.391 e. The number of carbonyl (C=O) groups excluding carboxylic acids is 1. The summed E-state index contributed by atoms with van der Waals surface area (Å²) in [6.45, 7) is 4.19. The Labute approximate surface area is 125 Å². The molecule has 1 fully saturated rings. The lowest BCUT2D eigenvalue weighted by Gasteiger charge is -2.41.